The van der Waals surface area contributed by atoms with Crippen molar-refractivity contribution in [1.82, 2.24) is 5.43 Å². The molecule has 1 atom stereocenters. The molecule has 0 saturated carbocycles. The first-order chi connectivity index (χ1) is 9.95. The molecule has 0 bridgehead atoms. The maximum Gasteiger partial charge on any atom is 0.143 e. The van der Waals surface area contributed by atoms with Crippen LogP contribution in [-0.2, 0) is 6.42 Å². The molecule has 0 aliphatic rings. The SMILES string of the molecule is Cc1cccc(C(Cc2c(F)ccc(Br)c2F)NN)c1C. The lowest BCUT2D eigenvalue weighted by atomic mass is 9.93. The molecular formula is C16H17BrF2N2. The molecule has 0 amide bonds. The molecular weight excluding hydrogens is 338 g/mol. The van der Waals surface area contributed by atoms with E-state index >= 15 is 0 Å². The number of nitrogens with one attached hydrogen (secondary N) is 1. The van der Waals surface area contributed by atoms with Gasteiger partial charge in [-0.1, -0.05) is 18.2 Å². The molecule has 112 valence electrons. The van der Waals surface area contributed by atoms with Gasteiger partial charge in [-0.2, -0.15) is 0 Å². The molecule has 0 aliphatic carbocycles. The quantitative estimate of drug-likeness (QED) is 0.493. The van der Waals surface area contributed by atoms with Gasteiger partial charge in [-0.3, -0.25) is 11.3 Å². The average Bonchev–Trinajstić information content (AvgIpc) is 2.47. The van der Waals surface area contributed by atoms with Gasteiger partial charge in [-0.05, 0) is 65.0 Å². The van der Waals surface area contributed by atoms with Gasteiger partial charge in [0.15, 0.2) is 0 Å². The van der Waals surface area contributed by atoms with Gasteiger partial charge in [0.25, 0.3) is 0 Å². The van der Waals surface area contributed by atoms with E-state index in [2.05, 4.69) is 21.4 Å². The van der Waals surface area contributed by atoms with Gasteiger partial charge >= 0.3 is 0 Å². The van der Waals surface area contributed by atoms with Gasteiger partial charge in [0, 0.05) is 5.56 Å². The Kier molecular flexibility index (Phi) is 5.08. The van der Waals surface area contributed by atoms with Crippen LogP contribution in [0.4, 0.5) is 8.78 Å². The summed E-state index contributed by atoms with van der Waals surface area (Å²) in [4.78, 5) is 0. The molecule has 2 aromatic rings. The van der Waals surface area contributed by atoms with E-state index in [-0.39, 0.29) is 22.5 Å². The summed E-state index contributed by atoms with van der Waals surface area (Å²) >= 11 is 3.08. The first-order valence-corrected chi connectivity index (χ1v) is 7.39. The van der Waals surface area contributed by atoms with Gasteiger partial charge in [0.05, 0.1) is 10.5 Å². The highest BCUT2D eigenvalue weighted by Gasteiger charge is 2.20. The van der Waals surface area contributed by atoms with Crippen LogP contribution in [-0.4, -0.2) is 0 Å². The number of hydrazine groups is 1. The van der Waals surface area contributed by atoms with Crippen LogP contribution in [0, 0.1) is 25.5 Å². The minimum absolute atomic E-state index is 0.0215. The Morgan fingerprint density at radius 1 is 1.19 bits per heavy atom. The Hall–Kier alpha value is -1.30. The molecule has 0 radical (unpaired) electrons. The Morgan fingerprint density at radius 3 is 2.57 bits per heavy atom. The lowest BCUT2D eigenvalue weighted by Gasteiger charge is -2.20. The van der Waals surface area contributed by atoms with Crippen LogP contribution in [0.1, 0.15) is 28.3 Å². The Morgan fingerprint density at radius 2 is 1.90 bits per heavy atom. The van der Waals surface area contributed by atoms with E-state index in [9.17, 15) is 8.78 Å². The molecule has 0 fully saturated rings. The number of hydrogen-bond acceptors (Lipinski definition) is 2. The summed E-state index contributed by atoms with van der Waals surface area (Å²) in [6, 6.07) is 8.07. The Balaban J connectivity index is 2.41. The van der Waals surface area contributed by atoms with Crippen molar-refractivity contribution in [2.75, 3.05) is 0 Å². The van der Waals surface area contributed by atoms with Gasteiger partial charge < -0.3 is 0 Å². The number of hydrogen-bond donors (Lipinski definition) is 2. The molecule has 0 heterocycles. The summed E-state index contributed by atoms with van der Waals surface area (Å²) in [5.41, 5.74) is 5.80. The van der Waals surface area contributed by atoms with Crippen LogP contribution in [0.5, 0.6) is 0 Å². The average molecular weight is 355 g/mol. The second-order valence-electron chi connectivity index (χ2n) is 5.03. The minimum Gasteiger partial charge on any atom is -0.271 e. The molecule has 2 aromatic carbocycles. The second-order valence-corrected chi connectivity index (χ2v) is 5.89. The molecule has 1 unspecified atom stereocenters. The van der Waals surface area contributed by atoms with E-state index in [0.29, 0.717) is 0 Å². The summed E-state index contributed by atoms with van der Waals surface area (Å²) in [6.45, 7) is 3.97. The summed E-state index contributed by atoms with van der Waals surface area (Å²) in [5.74, 6) is 4.45. The number of rotatable bonds is 4. The molecule has 21 heavy (non-hydrogen) atoms. The minimum atomic E-state index is -0.583. The molecule has 0 aromatic heterocycles. The lowest BCUT2D eigenvalue weighted by molar-refractivity contribution is 0.496. The zero-order chi connectivity index (χ0) is 15.6. The molecule has 0 aliphatic heterocycles. The summed E-state index contributed by atoms with van der Waals surface area (Å²) in [7, 11) is 0. The fourth-order valence-electron chi connectivity index (χ4n) is 2.37. The van der Waals surface area contributed by atoms with Crippen molar-refractivity contribution < 1.29 is 8.78 Å². The second kappa shape index (κ2) is 6.64. The summed E-state index contributed by atoms with van der Waals surface area (Å²) < 4.78 is 28.2. The van der Waals surface area contributed by atoms with Crippen molar-refractivity contribution in [1.29, 1.82) is 0 Å². The van der Waals surface area contributed by atoms with Gasteiger partial charge in [-0.15, -0.1) is 0 Å². The number of halogens is 3. The fourth-order valence-corrected chi connectivity index (χ4v) is 2.74. The van der Waals surface area contributed by atoms with Crippen molar-refractivity contribution in [3.63, 3.8) is 0 Å². The highest BCUT2D eigenvalue weighted by molar-refractivity contribution is 9.10. The predicted molar refractivity (Wildman–Crippen MR) is 83.7 cm³/mol. The monoisotopic (exact) mass is 354 g/mol. The van der Waals surface area contributed by atoms with Crippen LogP contribution >= 0.6 is 15.9 Å². The molecule has 2 nitrogen and oxygen atoms in total. The van der Waals surface area contributed by atoms with Crippen LogP contribution in [0.25, 0.3) is 0 Å². The summed E-state index contributed by atoms with van der Waals surface area (Å²) in [5, 5.41) is 0. The van der Waals surface area contributed by atoms with E-state index in [4.69, 9.17) is 5.84 Å². The number of aryl methyl sites for hydroxylation is 1. The molecule has 5 heteroatoms. The zero-order valence-electron chi connectivity index (χ0n) is 11.9. The third kappa shape index (κ3) is 3.31. The smallest absolute Gasteiger partial charge is 0.143 e. The Bertz CT molecular complexity index is 659. The van der Waals surface area contributed by atoms with Gasteiger partial charge in [-0.25, -0.2) is 8.78 Å². The zero-order valence-corrected chi connectivity index (χ0v) is 13.5. The number of benzene rings is 2. The predicted octanol–water partition coefficient (Wildman–Crippen LogP) is 4.09. The highest BCUT2D eigenvalue weighted by Crippen LogP contribution is 2.28. The van der Waals surface area contributed by atoms with Gasteiger partial charge in [0.1, 0.15) is 11.6 Å². The van der Waals surface area contributed by atoms with Crippen molar-refractivity contribution in [3.8, 4) is 0 Å². The van der Waals surface area contributed by atoms with Crippen molar-refractivity contribution in [2.24, 2.45) is 5.84 Å². The normalized spacial score (nSPS) is 12.5. The largest absolute Gasteiger partial charge is 0.271 e. The van der Waals surface area contributed by atoms with E-state index < -0.39 is 11.6 Å². The summed E-state index contributed by atoms with van der Waals surface area (Å²) in [6.07, 6.45) is 0.137. The first-order valence-electron chi connectivity index (χ1n) is 6.60. The molecule has 3 N–H and O–H groups in total. The number of nitrogens with two attached hydrogens (primary N) is 1. The lowest BCUT2D eigenvalue weighted by Crippen LogP contribution is -2.30. The van der Waals surface area contributed by atoms with Crippen LogP contribution < -0.4 is 11.3 Å². The van der Waals surface area contributed by atoms with Crippen molar-refractivity contribution in [3.05, 3.63) is 68.7 Å². The first kappa shape index (κ1) is 16.1. The molecule has 0 saturated heterocycles. The third-order valence-corrected chi connectivity index (χ3v) is 4.38. The van der Waals surface area contributed by atoms with E-state index in [0.717, 1.165) is 16.7 Å². The topological polar surface area (TPSA) is 38.0 Å². The van der Waals surface area contributed by atoms with Crippen molar-refractivity contribution in [2.45, 2.75) is 26.3 Å². The fraction of sp³-hybridized carbons (Fsp3) is 0.250. The van der Waals surface area contributed by atoms with Crippen LogP contribution in [0.2, 0.25) is 0 Å². The van der Waals surface area contributed by atoms with E-state index in [1.165, 1.54) is 12.1 Å². The maximum absolute atomic E-state index is 14.1. The maximum atomic E-state index is 14.1. The highest BCUT2D eigenvalue weighted by atomic mass is 79.9. The van der Waals surface area contributed by atoms with Gasteiger partial charge in [0.2, 0.25) is 0 Å². The molecule has 2 rings (SSSR count). The van der Waals surface area contributed by atoms with Crippen LogP contribution in [0.15, 0.2) is 34.8 Å². The van der Waals surface area contributed by atoms with Crippen molar-refractivity contribution >= 4 is 15.9 Å². The standard InChI is InChI=1S/C16H17BrF2N2/c1-9-4-3-5-11(10(9)2)15(21-20)8-12-14(18)7-6-13(17)16(12)19/h3-7,15,21H,8,20H2,1-2H3. The van der Waals surface area contributed by atoms with Crippen LogP contribution in [0.3, 0.4) is 0 Å². The molecule has 0 spiro atoms. The van der Waals surface area contributed by atoms with E-state index in [1.54, 1.807) is 0 Å². The van der Waals surface area contributed by atoms with E-state index in [1.807, 2.05) is 32.0 Å². The Labute approximate surface area is 131 Å². The third-order valence-electron chi connectivity index (χ3n) is 3.77.